The van der Waals surface area contributed by atoms with Gasteiger partial charge in [-0.25, -0.2) is 0 Å². The van der Waals surface area contributed by atoms with Gasteiger partial charge in [-0.3, -0.25) is 10.1 Å². The molecule has 6 nitrogen and oxygen atoms in total. The Balaban J connectivity index is 2.45. The predicted molar refractivity (Wildman–Crippen MR) is 78.0 cm³/mol. The Kier molecular flexibility index (Phi) is 4.52. The zero-order chi connectivity index (χ0) is 15.4. The number of ether oxygens (including phenoxy) is 1. The van der Waals surface area contributed by atoms with Gasteiger partial charge in [0.25, 0.3) is 0 Å². The molecule has 2 rings (SSSR count). The van der Waals surface area contributed by atoms with Crippen LogP contribution in [-0.2, 0) is 6.61 Å². The number of nitriles is 1. The summed E-state index contributed by atoms with van der Waals surface area (Å²) in [6.45, 7) is -0.265. The second kappa shape index (κ2) is 6.35. The third-order valence-electron chi connectivity index (χ3n) is 2.70. The Morgan fingerprint density at radius 2 is 2.00 bits per heavy atom. The van der Waals surface area contributed by atoms with Crippen molar-refractivity contribution in [1.29, 1.82) is 5.26 Å². The van der Waals surface area contributed by atoms with E-state index in [2.05, 4.69) is 15.9 Å². The monoisotopic (exact) mass is 348 g/mol. The third-order valence-corrected chi connectivity index (χ3v) is 3.19. The van der Waals surface area contributed by atoms with Crippen molar-refractivity contribution in [3.63, 3.8) is 0 Å². The number of aliphatic hydroxyl groups is 1. The number of aliphatic hydroxyl groups excluding tert-OH is 1. The van der Waals surface area contributed by atoms with Crippen LogP contribution >= 0.6 is 15.9 Å². The van der Waals surface area contributed by atoms with Crippen molar-refractivity contribution in [1.82, 2.24) is 0 Å². The van der Waals surface area contributed by atoms with Crippen LogP contribution in [0.3, 0.4) is 0 Å². The molecule has 0 unspecified atom stereocenters. The Labute approximate surface area is 128 Å². The van der Waals surface area contributed by atoms with Crippen LogP contribution in [0.1, 0.15) is 11.1 Å². The van der Waals surface area contributed by atoms with Gasteiger partial charge in [-0.15, -0.1) is 0 Å². The lowest BCUT2D eigenvalue weighted by Crippen LogP contribution is -1.97. The molecular formula is C14H9BrN2O4. The molecule has 0 atom stereocenters. The second-order valence-electron chi connectivity index (χ2n) is 4.06. The van der Waals surface area contributed by atoms with Crippen LogP contribution in [-0.4, -0.2) is 10.0 Å². The lowest BCUT2D eigenvalue weighted by atomic mass is 10.2. The van der Waals surface area contributed by atoms with E-state index in [1.807, 2.05) is 6.07 Å². The summed E-state index contributed by atoms with van der Waals surface area (Å²) in [5.41, 5.74) is 0.358. The SMILES string of the molecule is N#Cc1ccc(Oc2ccc(Br)cc2CO)c([N+](=O)[O-])c1. The number of nitro groups is 1. The molecule has 0 amide bonds. The summed E-state index contributed by atoms with van der Waals surface area (Å²) in [5, 5.41) is 29.1. The fraction of sp³-hybridized carbons (Fsp3) is 0.0714. The zero-order valence-electron chi connectivity index (χ0n) is 10.6. The van der Waals surface area contributed by atoms with Crippen LogP contribution in [0.15, 0.2) is 40.9 Å². The number of halogens is 1. The maximum Gasteiger partial charge on any atom is 0.312 e. The van der Waals surface area contributed by atoms with E-state index in [4.69, 9.17) is 10.00 Å². The molecule has 0 spiro atoms. The van der Waals surface area contributed by atoms with Crippen molar-refractivity contribution >= 4 is 21.6 Å². The Hall–Kier alpha value is -2.43. The highest BCUT2D eigenvalue weighted by atomic mass is 79.9. The first-order valence-corrected chi connectivity index (χ1v) is 6.60. The molecule has 0 saturated carbocycles. The summed E-state index contributed by atoms with van der Waals surface area (Å²) >= 11 is 3.27. The molecule has 0 bridgehead atoms. The molecule has 1 N–H and O–H groups in total. The minimum Gasteiger partial charge on any atom is -0.450 e. The predicted octanol–water partition coefficient (Wildman–Crippen LogP) is 3.51. The summed E-state index contributed by atoms with van der Waals surface area (Å²) in [6.07, 6.45) is 0. The minimum atomic E-state index is -0.617. The lowest BCUT2D eigenvalue weighted by Gasteiger charge is -2.10. The number of benzene rings is 2. The molecule has 2 aromatic carbocycles. The summed E-state index contributed by atoms with van der Waals surface area (Å²) in [5.74, 6) is 0.324. The Bertz CT molecular complexity index is 740. The van der Waals surface area contributed by atoms with E-state index in [0.717, 1.165) is 10.5 Å². The van der Waals surface area contributed by atoms with Crippen molar-refractivity contribution in [2.45, 2.75) is 6.61 Å². The normalized spacial score (nSPS) is 9.95. The average molecular weight is 349 g/mol. The van der Waals surface area contributed by atoms with Crippen molar-refractivity contribution in [3.05, 3.63) is 62.1 Å². The molecular weight excluding hydrogens is 340 g/mol. The van der Waals surface area contributed by atoms with Crippen LogP contribution in [0, 0.1) is 21.4 Å². The molecule has 0 radical (unpaired) electrons. The summed E-state index contributed by atoms with van der Waals surface area (Å²) < 4.78 is 6.27. The van der Waals surface area contributed by atoms with E-state index in [9.17, 15) is 15.2 Å². The Morgan fingerprint density at radius 1 is 1.29 bits per heavy atom. The Morgan fingerprint density at radius 3 is 2.62 bits per heavy atom. The molecule has 0 aromatic heterocycles. The maximum atomic E-state index is 11.0. The second-order valence-corrected chi connectivity index (χ2v) is 4.98. The van der Waals surface area contributed by atoms with Crippen molar-refractivity contribution in [2.24, 2.45) is 0 Å². The van der Waals surface area contributed by atoms with E-state index < -0.39 is 4.92 Å². The van der Waals surface area contributed by atoms with E-state index in [0.29, 0.717) is 11.3 Å². The van der Waals surface area contributed by atoms with E-state index >= 15 is 0 Å². The van der Waals surface area contributed by atoms with E-state index in [-0.39, 0.29) is 23.6 Å². The fourth-order valence-corrected chi connectivity index (χ4v) is 2.11. The van der Waals surface area contributed by atoms with Gasteiger partial charge in [0.05, 0.1) is 23.2 Å². The lowest BCUT2D eigenvalue weighted by molar-refractivity contribution is -0.385. The molecule has 106 valence electrons. The van der Waals surface area contributed by atoms with Crippen LogP contribution in [0.5, 0.6) is 11.5 Å². The van der Waals surface area contributed by atoms with E-state index in [1.165, 1.54) is 12.1 Å². The summed E-state index contributed by atoms with van der Waals surface area (Å²) in [7, 11) is 0. The van der Waals surface area contributed by atoms with Crippen LogP contribution in [0.2, 0.25) is 0 Å². The van der Waals surface area contributed by atoms with Gasteiger partial charge in [0, 0.05) is 16.1 Å². The standard InChI is InChI=1S/C14H9BrN2O4/c15-11-2-4-13(10(6-11)8-18)21-14-3-1-9(7-16)5-12(14)17(19)20/h1-6,18H,8H2. The van der Waals surface area contributed by atoms with Crippen LogP contribution in [0.4, 0.5) is 5.69 Å². The fourth-order valence-electron chi connectivity index (χ4n) is 1.71. The van der Waals surface area contributed by atoms with Crippen molar-refractivity contribution < 1.29 is 14.8 Å². The van der Waals surface area contributed by atoms with Crippen molar-refractivity contribution in [3.8, 4) is 17.6 Å². The number of hydrogen-bond donors (Lipinski definition) is 1. The first-order chi connectivity index (χ1) is 10.0. The molecule has 0 fully saturated rings. The highest BCUT2D eigenvalue weighted by Gasteiger charge is 2.18. The number of hydrogen-bond acceptors (Lipinski definition) is 5. The van der Waals surface area contributed by atoms with Crippen molar-refractivity contribution in [2.75, 3.05) is 0 Å². The largest absolute Gasteiger partial charge is 0.450 e. The van der Waals surface area contributed by atoms with Gasteiger partial charge in [-0.05, 0) is 30.3 Å². The summed E-state index contributed by atoms with van der Waals surface area (Å²) in [6, 6.07) is 10.7. The molecule has 0 aliphatic carbocycles. The molecule has 0 heterocycles. The minimum absolute atomic E-state index is 0.0102. The molecule has 0 aliphatic rings. The first kappa shape index (κ1) is 15.0. The topological polar surface area (TPSA) is 96.4 Å². The number of nitrogens with zero attached hydrogens (tertiary/aromatic N) is 2. The molecule has 0 aliphatic heterocycles. The first-order valence-electron chi connectivity index (χ1n) is 5.81. The highest BCUT2D eigenvalue weighted by molar-refractivity contribution is 9.10. The van der Waals surface area contributed by atoms with Crippen LogP contribution < -0.4 is 4.74 Å². The molecule has 7 heteroatoms. The smallest absolute Gasteiger partial charge is 0.312 e. The number of rotatable bonds is 4. The van der Waals surface area contributed by atoms with Gasteiger partial charge in [0.15, 0.2) is 0 Å². The van der Waals surface area contributed by atoms with Gasteiger partial charge >= 0.3 is 5.69 Å². The zero-order valence-corrected chi connectivity index (χ0v) is 12.2. The molecule has 2 aromatic rings. The van der Waals surface area contributed by atoms with E-state index in [1.54, 1.807) is 18.2 Å². The third kappa shape index (κ3) is 3.37. The highest BCUT2D eigenvalue weighted by Crippen LogP contribution is 2.34. The maximum absolute atomic E-state index is 11.0. The number of nitro benzene ring substituents is 1. The molecule has 0 saturated heterocycles. The molecule has 21 heavy (non-hydrogen) atoms. The van der Waals surface area contributed by atoms with Gasteiger partial charge in [0.2, 0.25) is 5.75 Å². The van der Waals surface area contributed by atoms with Gasteiger partial charge < -0.3 is 9.84 Å². The average Bonchev–Trinajstić information content (AvgIpc) is 2.49. The summed E-state index contributed by atoms with van der Waals surface area (Å²) in [4.78, 5) is 10.4. The van der Waals surface area contributed by atoms with Gasteiger partial charge in [0.1, 0.15) is 5.75 Å². The van der Waals surface area contributed by atoms with Gasteiger partial charge in [-0.2, -0.15) is 5.26 Å². The quantitative estimate of drug-likeness (QED) is 0.673. The van der Waals surface area contributed by atoms with Gasteiger partial charge in [-0.1, -0.05) is 15.9 Å². The van der Waals surface area contributed by atoms with Crippen LogP contribution in [0.25, 0.3) is 0 Å².